The Balaban J connectivity index is 1.37. The molecule has 1 saturated heterocycles. The summed E-state index contributed by atoms with van der Waals surface area (Å²) in [5.41, 5.74) is 3.86. The molecule has 2 aliphatic rings. The van der Waals surface area contributed by atoms with Crippen molar-refractivity contribution in [3.8, 4) is 22.6 Å². The number of aromatic nitrogens is 1. The highest BCUT2D eigenvalue weighted by Gasteiger charge is 2.35. The monoisotopic (exact) mass is 484 g/mol. The molecular weight excluding hydrogens is 456 g/mol. The van der Waals surface area contributed by atoms with E-state index in [4.69, 9.17) is 9.15 Å². The van der Waals surface area contributed by atoms with Crippen LogP contribution in [0.1, 0.15) is 29.2 Å². The summed E-state index contributed by atoms with van der Waals surface area (Å²) in [6.45, 7) is 4.70. The number of nitrogens with zero attached hydrogens (tertiary/aromatic N) is 2. The number of piperidine rings is 1. The van der Waals surface area contributed by atoms with Gasteiger partial charge in [-0.15, -0.1) is 0 Å². The molecule has 184 valence electrons. The Kier molecular flexibility index (Phi) is 5.45. The predicted octanol–water partition coefficient (Wildman–Crippen LogP) is 4.26. The van der Waals surface area contributed by atoms with E-state index in [1.54, 1.807) is 19.2 Å². The molecule has 2 unspecified atom stereocenters. The van der Waals surface area contributed by atoms with Crippen molar-refractivity contribution in [2.75, 3.05) is 20.2 Å². The molecule has 0 saturated carbocycles. The molecule has 7 nitrogen and oxygen atoms in total. The zero-order chi connectivity index (χ0) is 25.0. The number of hydrogen-bond donors (Lipinski definition) is 1. The number of methoxy groups -OCH3 is 1. The number of fused-ring (bicyclic) bond motifs is 5. The van der Waals surface area contributed by atoms with E-state index in [9.17, 15) is 14.7 Å². The highest BCUT2D eigenvalue weighted by Crippen LogP contribution is 2.38. The van der Waals surface area contributed by atoms with E-state index >= 15 is 0 Å². The van der Waals surface area contributed by atoms with Crippen LogP contribution < -0.4 is 15.9 Å². The van der Waals surface area contributed by atoms with Gasteiger partial charge < -0.3 is 18.8 Å². The van der Waals surface area contributed by atoms with E-state index in [1.807, 2.05) is 54.0 Å². The van der Waals surface area contributed by atoms with Crippen LogP contribution in [0.3, 0.4) is 0 Å². The fraction of sp³-hybridized carbons (Fsp3) is 0.310. The molecule has 2 aromatic carbocycles. The lowest BCUT2D eigenvalue weighted by molar-refractivity contribution is 0.113. The first-order valence-electron chi connectivity index (χ1n) is 12.3. The molecule has 36 heavy (non-hydrogen) atoms. The summed E-state index contributed by atoms with van der Waals surface area (Å²) >= 11 is 0. The Morgan fingerprint density at radius 2 is 1.83 bits per heavy atom. The maximum atomic E-state index is 13.2. The normalized spacial score (nSPS) is 19.3. The SMILES string of the molecule is COc1ccc(-c2c(C)c3ccc(O)c(CN4CC5CC(C4)c4cccc(=O)n4C5)c3oc2=O)cc1. The minimum atomic E-state index is -0.430. The van der Waals surface area contributed by atoms with Crippen molar-refractivity contribution >= 4 is 11.0 Å². The van der Waals surface area contributed by atoms with Crippen molar-refractivity contribution in [1.82, 2.24) is 9.47 Å². The fourth-order valence-electron chi connectivity index (χ4n) is 6.05. The van der Waals surface area contributed by atoms with Gasteiger partial charge in [-0.1, -0.05) is 18.2 Å². The highest BCUT2D eigenvalue weighted by molar-refractivity contribution is 5.89. The third kappa shape index (κ3) is 3.71. The number of likely N-dealkylation sites (tertiary alicyclic amines) is 1. The van der Waals surface area contributed by atoms with Crippen molar-refractivity contribution in [3.63, 3.8) is 0 Å². The molecular formula is C29H28N2O5. The summed E-state index contributed by atoms with van der Waals surface area (Å²) in [4.78, 5) is 27.8. The van der Waals surface area contributed by atoms with Crippen LogP contribution in [-0.4, -0.2) is 34.8 Å². The van der Waals surface area contributed by atoms with Crippen LogP contribution in [0.2, 0.25) is 0 Å². The Morgan fingerprint density at radius 1 is 1.03 bits per heavy atom. The van der Waals surface area contributed by atoms with Crippen LogP contribution in [0.4, 0.5) is 0 Å². The molecule has 2 aliphatic heterocycles. The van der Waals surface area contributed by atoms with Crippen molar-refractivity contribution in [1.29, 1.82) is 0 Å². The van der Waals surface area contributed by atoms with Crippen LogP contribution >= 0.6 is 0 Å². The summed E-state index contributed by atoms with van der Waals surface area (Å²) in [7, 11) is 1.60. The van der Waals surface area contributed by atoms with Gasteiger partial charge in [0.1, 0.15) is 17.1 Å². The number of phenols is 1. The fourth-order valence-corrected chi connectivity index (χ4v) is 6.05. The second kappa shape index (κ2) is 8.68. The largest absolute Gasteiger partial charge is 0.507 e. The second-order valence-electron chi connectivity index (χ2n) is 9.95. The highest BCUT2D eigenvalue weighted by atomic mass is 16.5. The Bertz CT molecular complexity index is 1580. The molecule has 0 aliphatic carbocycles. The van der Waals surface area contributed by atoms with Crippen molar-refractivity contribution in [2.24, 2.45) is 5.92 Å². The smallest absolute Gasteiger partial charge is 0.344 e. The van der Waals surface area contributed by atoms with Gasteiger partial charge in [-0.05, 0) is 60.7 Å². The molecule has 0 spiro atoms. The van der Waals surface area contributed by atoms with Gasteiger partial charge in [0, 0.05) is 49.2 Å². The average Bonchev–Trinajstić information content (AvgIpc) is 2.87. The topological polar surface area (TPSA) is 84.9 Å². The lowest BCUT2D eigenvalue weighted by atomic mass is 9.83. The standard InChI is InChI=1S/C29H28N2O5/c1-17-22-10-11-25(32)23(28(22)36-29(34)27(17)19-6-8-21(35-2)9-7-19)16-30-13-18-12-20(15-30)24-4-3-5-26(33)31(24)14-18/h3-11,18,20,32H,12-16H2,1-2H3. The second-order valence-corrected chi connectivity index (χ2v) is 9.95. The molecule has 0 radical (unpaired) electrons. The number of hydrogen-bond acceptors (Lipinski definition) is 6. The van der Waals surface area contributed by atoms with E-state index in [0.717, 1.165) is 41.7 Å². The van der Waals surface area contributed by atoms with Gasteiger partial charge in [0.25, 0.3) is 5.56 Å². The van der Waals surface area contributed by atoms with Crippen LogP contribution in [0, 0.1) is 12.8 Å². The van der Waals surface area contributed by atoms with E-state index in [1.165, 1.54) is 0 Å². The van der Waals surface area contributed by atoms with Crippen molar-refractivity contribution in [3.05, 3.63) is 92.2 Å². The Morgan fingerprint density at radius 3 is 2.61 bits per heavy atom. The van der Waals surface area contributed by atoms with Crippen LogP contribution in [0.5, 0.6) is 11.5 Å². The summed E-state index contributed by atoms with van der Waals surface area (Å²) < 4.78 is 13.0. The molecule has 1 N–H and O–H groups in total. The van der Waals surface area contributed by atoms with E-state index < -0.39 is 5.63 Å². The van der Waals surface area contributed by atoms with Gasteiger partial charge in [-0.2, -0.15) is 0 Å². The first kappa shape index (κ1) is 22.6. The van der Waals surface area contributed by atoms with Gasteiger partial charge in [-0.25, -0.2) is 4.79 Å². The average molecular weight is 485 g/mol. The summed E-state index contributed by atoms with van der Waals surface area (Å²) in [6, 6.07) is 16.3. The van der Waals surface area contributed by atoms with Gasteiger partial charge in [0.2, 0.25) is 0 Å². The molecule has 4 heterocycles. The van der Waals surface area contributed by atoms with Crippen molar-refractivity contribution < 1.29 is 14.3 Å². The Labute approximate surface area is 208 Å². The minimum absolute atomic E-state index is 0.0623. The number of aryl methyl sites for hydroxylation is 1. The maximum absolute atomic E-state index is 13.2. The summed E-state index contributed by atoms with van der Waals surface area (Å²) in [5, 5.41) is 11.6. The van der Waals surface area contributed by atoms with Crippen molar-refractivity contribution in [2.45, 2.75) is 32.4 Å². The number of rotatable bonds is 4. The minimum Gasteiger partial charge on any atom is -0.507 e. The maximum Gasteiger partial charge on any atom is 0.344 e. The van der Waals surface area contributed by atoms with Crippen LogP contribution in [0.25, 0.3) is 22.1 Å². The molecule has 4 aromatic rings. The zero-order valence-corrected chi connectivity index (χ0v) is 20.4. The summed E-state index contributed by atoms with van der Waals surface area (Å²) in [6.07, 6.45) is 1.06. The molecule has 2 atom stereocenters. The van der Waals surface area contributed by atoms with Gasteiger partial charge in [0.05, 0.1) is 18.2 Å². The number of pyridine rings is 1. The van der Waals surface area contributed by atoms with Gasteiger partial charge in [0.15, 0.2) is 0 Å². The first-order valence-corrected chi connectivity index (χ1v) is 12.3. The van der Waals surface area contributed by atoms with Gasteiger partial charge in [-0.3, -0.25) is 9.69 Å². The van der Waals surface area contributed by atoms with E-state index in [2.05, 4.69) is 4.90 Å². The number of benzene rings is 2. The summed E-state index contributed by atoms with van der Waals surface area (Å²) in [5.74, 6) is 1.46. The van der Waals surface area contributed by atoms with Gasteiger partial charge >= 0.3 is 5.63 Å². The molecule has 0 amide bonds. The lowest BCUT2D eigenvalue weighted by Gasteiger charge is -2.42. The third-order valence-electron chi connectivity index (χ3n) is 7.73. The molecule has 6 rings (SSSR count). The van der Waals surface area contributed by atoms with E-state index in [0.29, 0.717) is 41.5 Å². The number of ether oxygens (including phenoxy) is 1. The van der Waals surface area contributed by atoms with Crippen LogP contribution in [0.15, 0.2) is 68.6 Å². The Hall–Kier alpha value is -3.84. The zero-order valence-electron chi connectivity index (χ0n) is 20.4. The molecule has 1 fully saturated rings. The third-order valence-corrected chi connectivity index (χ3v) is 7.73. The predicted molar refractivity (Wildman–Crippen MR) is 138 cm³/mol. The quantitative estimate of drug-likeness (QED) is 0.436. The van der Waals surface area contributed by atoms with Crippen LogP contribution in [-0.2, 0) is 13.1 Å². The lowest BCUT2D eigenvalue weighted by Crippen LogP contribution is -2.46. The number of aromatic hydroxyl groups is 1. The molecule has 2 bridgehead atoms. The number of phenolic OH excluding ortho intramolecular Hbond substituents is 1. The molecule has 7 heteroatoms. The molecule has 2 aromatic heterocycles. The van der Waals surface area contributed by atoms with E-state index in [-0.39, 0.29) is 17.2 Å². The first-order chi connectivity index (χ1) is 17.4.